The molecule has 22 heavy (non-hydrogen) atoms. The molecule has 4 nitrogen and oxygen atoms in total. The van der Waals surface area contributed by atoms with Crippen LogP contribution in [-0.2, 0) is 4.79 Å². The predicted molar refractivity (Wildman–Crippen MR) is 84.9 cm³/mol. The summed E-state index contributed by atoms with van der Waals surface area (Å²) in [6, 6.07) is 8.14. The molecule has 1 fully saturated rings. The van der Waals surface area contributed by atoms with Crippen LogP contribution in [0.4, 0.5) is 0 Å². The van der Waals surface area contributed by atoms with Gasteiger partial charge in [-0.3, -0.25) is 4.79 Å². The maximum atomic E-state index is 12.4. The van der Waals surface area contributed by atoms with Crippen LogP contribution in [0.25, 0.3) is 0 Å². The molecule has 3 atom stereocenters. The van der Waals surface area contributed by atoms with Crippen LogP contribution < -0.4 is 10.1 Å². The number of aliphatic hydroxyl groups excluding tert-OH is 1. The number of hydrogen-bond acceptors (Lipinski definition) is 3. The maximum absolute atomic E-state index is 12.4. The zero-order chi connectivity index (χ0) is 15.4. The monoisotopic (exact) mass is 303 g/mol. The molecule has 1 aromatic rings. The molecule has 0 radical (unpaired) electrons. The lowest BCUT2D eigenvalue weighted by Gasteiger charge is -2.32. The largest absolute Gasteiger partial charge is 0.493 e. The molecular formula is C18H25NO3. The molecule has 4 heteroatoms. The number of fused-ring (bicyclic) bond motifs is 1. The predicted octanol–water partition coefficient (Wildman–Crippen LogP) is 2.61. The molecule has 1 aliphatic carbocycles. The summed E-state index contributed by atoms with van der Waals surface area (Å²) in [5.41, 5.74) is 1.14. The summed E-state index contributed by atoms with van der Waals surface area (Å²) in [6.45, 7) is 0.850. The lowest BCUT2D eigenvalue weighted by molar-refractivity contribution is -0.123. The van der Waals surface area contributed by atoms with E-state index in [4.69, 9.17) is 4.74 Å². The molecule has 0 aromatic heterocycles. The van der Waals surface area contributed by atoms with Crippen molar-refractivity contribution < 1.29 is 14.6 Å². The van der Waals surface area contributed by atoms with E-state index in [-0.39, 0.29) is 30.4 Å². The molecule has 1 saturated carbocycles. The molecular weight excluding hydrogens is 278 g/mol. The van der Waals surface area contributed by atoms with E-state index in [1.54, 1.807) is 0 Å². The molecule has 1 aromatic carbocycles. The van der Waals surface area contributed by atoms with Gasteiger partial charge in [0.25, 0.3) is 0 Å². The van der Waals surface area contributed by atoms with Crippen LogP contribution in [0.15, 0.2) is 24.3 Å². The van der Waals surface area contributed by atoms with Crippen LogP contribution in [0.2, 0.25) is 0 Å². The van der Waals surface area contributed by atoms with Crippen LogP contribution in [0.5, 0.6) is 5.75 Å². The van der Waals surface area contributed by atoms with Crippen LogP contribution in [0, 0.1) is 5.92 Å². The van der Waals surface area contributed by atoms with Crippen LogP contribution in [0.3, 0.4) is 0 Å². The second-order valence-corrected chi connectivity index (χ2v) is 6.48. The number of carbonyl (C=O) groups excluding carboxylic acids is 1. The summed E-state index contributed by atoms with van der Waals surface area (Å²) in [4.78, 5) is 12.4. The number of ether oxygens (including phenoxy) is 1. The van der Waals surface area contributed by atoms with Gasteiger partial charge in [0.15, 0.2) is 0 Å². The Kier molecular flexibility index (Phi) is 4.98. The van der Waals surface area contributed by atoms with Crippen molar-refractivity contribution in [2.45, 2.75) is 50.5 Å². The molecule has 120 valence electrons. The minimum Gasteiger partial charge on any atom is -0.493 e. The van der Waals surface area contributed by atoms with E-state index >= 15 is 0 Å². The molecule has 1 heterocycles. The molecule has 2 aliphatic rings. The molecule has 0 bridgehead atoms. The van der Waals surface area contributed by atoms with Crippen molar-refractivity contribution in [2.24, 2.45) is 5.92 Å². The normalized spacial score (nSPS) is 27.6. The van der Waals surface area contributed by atoms with Gasteiger partial charge in [-0.05, 0) is 36.8 Å². The maximum Gasteiger partial charge on any atom is 0.220 e. The average Bonchev–Trinajstić information content (AvgIpc) is 2.55. The van der Waals surface area contributed by atoms with Crippen molar-refractivity contribution in [3.63, 3.8) is 0 Å². The van der Waals surface area contributed by atoms with E-state index < -0.39 is 0 Å². The SMILES string of the molecule is O=C(CC1CCOc2ccccc21)NC1CCCCC1CO. The standard InChI is InChI=1S/C18H25NO3/c20-12-14-5-1-3-7-16(14)19-18(21)11-13-9-10-22-17-8-4-2-6-15(13)17/h2,4,6,8,13-14,16,20H,1,3,5,7,9-12H2,(H,19,21). The lowest BCUT2D eigenvalue weighted by atomic mass is 9.84. The van der Waals surface area contributed by atoms with Gasteiger partial charge in [0.1, 0.15) is 5.75 Å². The van der Waals surface area contributed by atoms with Gasteiger partial charge in [-0.2, -0.15) is 0 Å². The highest BCUT2D eigenvalue weighted by Gasteiger charge is 2.28. The Bertz CT molecular complexity index is 517. The average molecular weight is 303 g/mol. The quantitative estimate of drug-likeness (QED) is 0.899. The second kappa shape index (κ2) is 7.14. The summed E-state index contributed by atoms with van der Waals surface area (Å²) >= 11 is 0. The minimum absolute atomic E-state index is 0.104. The van der Waals surface area contributed by atoms with Crippen molar-refractivity contribution in [3.05, 3.63) is 29.8 Å². The topological polar surface area (TPSA) is 58.6 Å². The number of aliphatic hydroxyl groups is 1. The summed E-state index contributed by atoms with van der Waals surface area (Å²) < 4.78 is 5.65. The summed E-state index contributed by atoms with van der Waals surface area (Å²) in [6.07, 6.45) is 5.70. The number of benzene rings is 1. The second-order valence-electron chi connectivity index (χ2n) is 6.48. The number of amides is 1. The summed E-state index contributed by atoms with van der Waals surface area (Å²) in [5.74, 6) is 1.48. The Morgan fingerprint density at radius 3 is 2.91 bits per heavy atom. The Morgan fingerprint density at radius 1 is 1.23 bits per heavy atom. The van der Waals surface area contributed by atoms with Gasteiger partial charge in [0.2, 0.25) is 5.91 Å². The van der Waals surface area contributed by atoms with Crippen molar-refractivity contribution in [3.8, 4) is 5.75 Å². The van der Waals surface area contributed by atoms with Gasteiger partial charge >= 0.3 is 0 Å². The van der Waals surface area contributed by atoms with E-state index in [1.165, 1.54) is 0 Å². The third-order valence-electron chi connectivity index (χ3n) is 5.00. The highest BCUT2D eigenvalue weighted by atomic mass is 16.5. The molecule has 2 N–H and O–H groups in total. The van der Waals surface area contributed by atoms with Crippen LogP contribution in [0.1, 0.15) is 50.0 Å². The first-order valence-electron chi connectivity index (χ1n) is 8.40. The molecule has 3 unspecified atom stereocenters. The van der Waals surface area contributed by atoms with E-state index in [9.17, 15) is 9.90 Å². The number of carbonyl (C=O) groups is 1. The van der Waals surface area contributed by atoms with E-state index in [2.05, 4.69) is 11.4 Å². The zero-order valence-corrected chi connectivity index (χ0v) is 13.0. The Morgan fingerprint density at radius 2 is 2.05 bits per heavy atom. The Labute approximate surface area is 131 Å². The van der Waals surface area contributed by atoms with Crippen molar-refractivity contribution >= 4 is 5.91 Å². The van der Waals surface area contributed by atoms with Gasteiger partial charge in [0.05, 0.1) is 6.61 Å². The van der Waals surface area contributed by atoms with Gasteiger partial charge < -0.3 is 15.2 Å². The zero-order valence-electron chi connectivity index (χ0n) is 13.0. The lowest BCUT2D eigenvalue weighted by Crippen LogP contribution is -2.43. The summed E-state index contributed by atoms with van der Waals surface area (Å²) in [5, 5.41) is 12.6. The molecule has 0 spiro atoms. The third-order valence-corrected chi connectivity index (χ3v) is 5.00. The van der Waals surface area contributed by atoms with Crippen molar-refractivity contribution in [1.82, 2.24) is 5.32 Å². The Balaban J connectivity index is 1.60. The highest BCUT2D eigenvalue weighted by Crippen LogP contribution is 2.35. The number of nitrogens with one attached hydrogen (secondary N) is 1. The fourth-order valence-corrected chi connectivity index (χ4v) is 3.73. The number of rotatable bonds is 4. The minimum atomic E-state index is 0.104. The third kappa shape index (κ3) is 3.43. The van der Waals surface area contributed by atoms with Gasteiger partial charge in [0, 0.05) is 25.0 Å². The number of hydrogen-bond donors (Lipinski definition) is 2. The summed E-state index contributed by atoms with van der Waals surface area (Å²) in [7, 11) is 0. The fraction of sp³-hybridized carbons (Fsp3) is 0.611. The Hall–Kier alpha value is -1.55. The first-order chi connectivity index (χ1) is 10.8. The molecule has 1 amide bonds. The van der Waals surface area contributed by atoms with Gasteiger partial charge in [-0.1, -0.05) is 31.0 Å². The number of para-hydroxylation sites is 1. The molecule has 0 saturated heterocycles. The fourth-order valence-electron chi connectivity index (χ4n) is 3.73. The molecule has 3 rings (SSSR count). The molecule has 1 aliphatic heterocycles. The smallest absolute Gasteiger partial charge is 0.220 e. The van der Waals surface area contributed by atoms with Crippen LogP contribution in [-0.4, -0.2) is 30.3 Å². The first-order valence-corrected chi connectivity index (χ1v) is 8.40. The van der Waals surface area contributed by atoms with E-state index in [0.717, 1.165) is 43.4 Å². The van der Waals surface area contributed by atoms with Gasteiger partial charge in [-0.25, -0.2) is 0 Å². The van der Waals surface area contributed by atoms with Crippen LogP contribution >= 0.6 is 0 Å². The van der Waals surface area contributed by atoms with E-state index in [0.29, 0.717) is 13.0 Å². The van der Waals surface area contributed by atoms with Crippen molar-refractivity contribution in [1.29, 1.82) is 0 Å². The first kappa shape index (κ1) is 15.3. The van der Waals surface area contributed by atoms with E-state index in [1.807, 2.05) is 18.2 Å². The van der Waals surface area contributed by atoms with Crippen molar-refractivity contribution in [2.75, 3.05) is 13.2 Å². The highest BCUT2D eigenvalue weighted by molar-refractivity contribution is 5.77. The van der Waals surface area contributed by atoms with Gasteiger partial charge in [-0.15, -0.1) is 0 Å².